The van der Waals surface area contributed by atoms with Gasteiger partial charge in [-0.15, -0.1) is 0 Å². The molecule has 4 aromatic heterocycles. The Hall–Kier alpha value is -7.12. The van der Waals surface area contributed by atoms with Crippen LogP contribution in [0.2, 0.25) is 0 Å². The Labute approximate surface area is 293 Å². The van der Waals surface area contributed by atoms with E-state index in [4.69, 9.17) is 24.9 Å². The van der Waals surface area contributed by atoms with Crippen molar-refractivity contribution in [2.75, 3.05) is 4.90 Å². The van der Waals surface area contributed by atoms with Crippen molar-refractivity contribution >= 4 is 39.0 Å². The molecule has 0 spiro atoms. The molecule has 0 unspecified atom stereocenters. The highest BCUT2D eigenvalue weighted by Crippen LogP contribution is 2.50. The lowest BCUT2D eigenvalue weighted by Crippen LogP contribution is -2.19. The SMILES string of the molecule is c1ccc(-c2cccc(-c3ccc4nc5c6c(cncc6c4c3)N(c3nc(-c4ccccc4)nc(-c4ccccc4)n3)c3cnccc3-5)c2)cc1. The van der Waals surface area contributed by atoms with E-state index < -0.39 is 0 Å². The van der Waals surface area contributed by atoms with E-state index >= 15 is 0 Å². The minimum Gasteiger partial charge on any atom is -0.275 e. The molecule has 51 heavy (non-hydrogen) atoms. The van der Waals surface area contributed by atoms with Crippen LogP contribution in [-0.4, -0.2) is 29.9 Å². The van der Waals surface area contributed by atoms with Gasteiger partial charge >= 0.3 is 0 Å². The molecule has 0 N–H and O–H groups in total. The first-order valence-corrected chi connectivity index (χ1v) is 16.8. The second kappa shape index (κ2) is 11.8. The third-order valence-electron chi connectivity index (χ3n) is 9.41. The molecule has 7 nitrogen and oxygen atoms in total. The van der Waals surface area contributed by atoms with Crippen LogP contribution in [-0.2, 0) is 0 Å². The second-order valence-electron chi connectivity index (χ2n) is 12.5. The maximum absolute atomic E-state index is 5.30. The normalized spacial score (nSPS) is 11.9. The van der Waals surface area contributed by atoms with Gasteiger partial charge in [0.15, 0.2) is 11.6 Å². The Morgan fingerprint density at radius 2 is 1.02 bits per heavy atom. The Balaban J connectivity index is 1.20. The van der Waals surface area contributed by atoms with Crippen molar-refractivity contribution in [2.45, 2.75) is 0 Å². The molecule has 0 aliphatic carbocycles. The lowest BCUT2D eigenvalue weighted by atomic mass is 9.94. The summed E-state index contributed by atoms with van der Waals surface area (Å²) in [6.45, 7) is 0. The molecule has 238 valence electrons. The second-order valence-corrected chi connectivity index (χ2v) is 12.5. The summed E-state index contributed by atoms with van der Waals surface area (Å²) >= 11 is 0. The fraction of sp³-hybridized carbons (Fsp3) is 0. The highest BCUT2D eigenvalue weighted by atomic mass is 15.3. The Morgan fingerprint density at radius 1 is 0.412 bits per heavy atom. The van der Waals surface area contributed by atoms with Gasteiger partial charge in [-0.2, -0.15) is 9.97 Å². The molecule has 0 radical (unpaired) electrons. The quantitative estimate of drug-likeness (QED) is 0.171. The fourth-order valence-corrected chi connectivity index (χ4v) is 6.99. The van der Waals surface area contributed by atoms with E-state index in [0.29, 0.717) is 17.6 Å². The van der Waals surface area contributed by atoms with Gasteiger partial charge in [0, 0.05) is 45.2 Å². The molecule has 0 fully saturated rings. The summed E-state index contributed by atoms with van der Waals surface area (Å²) in [4.78, 5) is 31.8. The first-order chi connectivity index (χ1) is 25.3. The topological polar surface area (TPSA) is 80.6 Å². The summed E-state index contributed by atoms with van der Waals surface area (Å²) in [6.07, 6.45) is 7.47. The van der Waals surface area contributed by atoms with Crippen LogP contribution < -0.4 is 4.90 Å². The molecule has 7 heteroatoms. The molecular formula is C44H27N7. The third-order valence-corrected chi connectivity index (χ3v) is 9.41. The first-order valence-electron chi connectivity index (χ1n) is 16.8. The third kappa shape index (κ3) is 4.90. The molecule has 0 saturated carbocycles. The maximum atomic E-state index is 5.30. The van der Waals surface area contributed by atoms with Crippen molar-refractivity contribution in [1.82, 2.24) is 29.9 Å². The number of anilines is 3. The predicted octanol–water partition coefficient (Wildman–Crippen LogP) is 10.5. The van der Waals surface area contributed by atoms with Crippen molar-refractivity contribution < 1.29 is 0 Å². The zero-order valence-electron chi connectivity index (χ0n) is 27.2. The van der Waals surface area contributed by atoms with Gasteiger partial charge < -0.3 is 0 Å². The molecule has 5 heterocycles. The molecule has 0 atom stereocenters. The van der Waals surface area contributed by atoms with Crippen molar-refractivity contribution in [3.8, 4) is 56.3 Å². The number of aromatic nitrogens is 6. The minimum absolute atomic E-state index is 0.475. The summed E-state index contributed by atoms with van der Waals surface area (Å²) < 4.78 is 0. The summed E-state index contributed by atoms with van der Waals surface area (Å²) in [7, 11) is 0. The standard InChI is InChI=1S/C44H27N7/c1-4-11-28(12-5-1)31-17-10-18-32(23-31)33-19-20-37-35(24-33)36-25-46-27-39-40(36)41(47-37)34-21-22-45-26-38(34)51(39)44-49-42(29-13-6-2-7-14-29)48-43(50-44)30-15-8-3-9-16-30/h1-27H. The van der Waals surface area contributed by atoms with Crippen molar-refractivity contribution in [1.29, 1.82) is 0 Å². The molecule has 1 aliphatic rings. The molecule has 0 amide bonds. The number of nitrogens with zero attached hydrogens (tertiary/aromatic N) is 7. The molecular weight excluding hydrogens is 627 g/mol. The van der Waals surface area contributed by atoms with E-state index in [-0.39, 0.29) is 0 Å². The van der Waals surface area contributed by atoms with Crippen LogP contribution in [0.5, 0.6) is 0 Å². The van der Waals surface area contributed by atoms with E-state index in [2.05, 4.69) is 71.7 Å². The summed E-state index contributed by atoms with van der Waals surface area (Å²) in [6, 6.07) is 47.6. The molecule has 0 bridgehead atoms. The van der Waals surface area contributed by atoms with E-state index in [0.717, 1.165) is 66.6 Å². The fourth-order valence-electron chi connectivity index (χ4n) is 6.99. The van der Waals surface area contributed by atoms with Crippen molar-refractivity contribution in [3.05, 3.63) is 164 Å². The summed E-state index contributed by atoms with van der Waals surface area (Å²) in [5.41, 5.74) is 10.8. The number of rotatable bonds is 5. The number of pyridine rings is 3. The Morgan fingerprint density at radius 3 is 1.73 bits per heavy atom. The van der Waals surface area contributed by atoms with Gasteiger partial charge in [-0.05, 0) is 46.5 Å². The van der Waals surface area contributed by atoms with Crippen LogP contribution in [0.1, 0.15) is 0 Å². The van der Waals surface area contributed by atoms with Crippen LogP contribution in [0, 0.1) is 0 Å². The first kappa shape index (κ1) is 28.9. The van der Waals surface area contributed by atoms with Crippen LogP contribution in [0.15, 0.2) is 164 Å². The average molecular weight is 654 g/mol. The Bertz CT molecular complexity index is 2690. The van der Waals surface area contributed by atoms with Gasteiger partial charge in [0.1, 0.15) is 0 Å². The minimum atomic E-state index is 0.475. The van der Waals surface area contributed by atoms with Crippen LogP contribution >= 0.6 is 0 Å². The molecule has 5 aromatic carbocycles. The number of benzene rings is 5. The van der Waals surface area contributed by atoms with E-state index in [1.54, 1.807) is 0 Å². The largest absolute Gasteiger partial charge is 0.275 e. The summed E-state index contributed by atoms with van der Waals surface area (Å²) in [5.74, 6) is 1.63. The van der Waals surface area contributed by atoms with Crippen molar-refractivity contribution in [2.24, 2.45) is 0 Å². The number of hydrogen-bond donors (Lipinski definition) is 0. The average Bonchev–Trinajstić information content (AvgIpc) is 3.22. The smallest absolute Gasteiger partial charge is 0.238 e. The molecule has 0 saturated heterocycles. The lowest BCUT2D eigenvalue weighted by molar-refractivity contribution is 1.02. The van der Waals surface area contributed by atoms with Gasteiger partial charge in [-0.3, -0.25) is 14.9 Å². The van der Waals surface area contributed by atoms with Crippen molar-refractivity contribution in [3.63, 3.8) is 0 Å². The summed E-state index contributed by atoms with van der Waals surface area (Å²) in [5, 5.41) is 3.00. The van der Waals surface area contributed by atoms with E-state index in [1.165, 1.54) is 11.1 Å². The highest BCUT2D eigenvalue weighted by Gasteiger charge is 2.31. The zero-order chi connectivity index (χ0) is 33.7. The van der Waals surface area contributed by atoms with Crippen LogP contribution in [0.4, 0.5) is 17.3 Å². The monoisotopic (exact) mass is 653 g/mol. The molecule has 9 aromatic rings. The van der Waals surface area contributed by atoms with Gasteiger partial charge in [0.05, 0.1) is 35.0 Å². The van der Waals surface area contributed by atoms with E-state index in [1.807, 2.05) is 102 Å². The molecule has 1 aliphatic heterocycles. The lowest BCUT2D eigenvalue weighted by Gasteiger charge is -2.31. The Kier molecular flexibility index (Phi) is 6.67. The van der Waals surface area contributed by atoms with Crippen LogP contribution in [0.25, 0.3) is 78.0 Å². The van der Waals surface area contributed by atoms with Gasteiger partial charge in [-0.1, -0.05) is 115 Å². The molecule has 10 rings (SSSR count). The van der Waals surface area contributed by atoms with Gasteiger partial charge in [-0.25, -0.2) is 9.97 Å². The number of hydrogen-bond acceptors (Lipinski definition) is 7. The van der Waals surface area contributed by atoms with Gasteiger partial charge in [0.25, 0.3) is 0 Å². The maximum Gasteiger partial charge on any atom is 0.238 e. The van der Waals surface area contributed by atoms with Crippen LogP contribution in [0.3, 0.4) is 0 Å². The van der Waals surface area contributed by atoms with E-state index in [9.17, 15) is 0 Å². The number of fused-ring (bicyclic) bond motifs is 4. The highest BCUT2D eigenvalue weighted by molar-refractivity contribution is 6.19. The van der Waals surface area contributed by atoms with Gasteiger partial charge in [0.2, 0.25) is 5.95 Å². The zero-order valence-corrected chi connectivity index (χ0v) is 27.2. The predicted molar refractivity (Wildman–Crippen MR) is 204 cm³/mol.